The normalized spacial score (nSPS) is 11.3. The minimum absolute atomic E-state index is 0.210. The molecule has 0 bridgehead atoms. The molecule has 2 aromatic heterocycles. The fourth-order valence-corrected chi connectivity index (χ4v) is 3.45. The second-order valence-corrected chi connectivity index (χ2v) is 6.72. The van der Waals surface area contributed by atoms with Crippen LogP contribution in [0.25, 0.3) is 16.3 Å². The highest BCUT2D eigenvalue weighted by Crippen LogP contribution is 2.22. The Bertz CT molecular complexity index is 979. The van der Waals surface area contributed by atoms with E-state index >= 15 is 0 Å². The number of rotatable bonds is 4. The second kappa shape index (κ2) is 6.45. The Morgan fingerprint density at radius 2 is 1.88 bits per heavy atom. The molecule has 0 aliphatic carbocycles. The van der Waals surface area contributed by atoms with Gasteiger partial charge in [0.2, 0.25) is 0 Å². The van der Waals surface area contributed by atoms with Crippen LogP contribution >= 0.6 is 11.3 Å². The Kier molecular flexibility index (Phi) is 4.36. The zero-order valence-corrected chi connectivity index (χ0v) is 14.6. The summed E-state index contributed by atoms with van der Waals surface area (Å²) in [6, 6.07) is 9.78. The van der Waals surface area contributed by atoms with Gasteiger partial charge in [-0.3, -0.25) is 9.59 Å². The molecule has 24 heavy (non-hydrogen) atoms. The van der Waals surface area contributed by atoms with E-state index in [1.807, 2.05) is 61.6 Å². The van der Waals surface area contributed by atoms with Crippen molar-refractivity contribution in [3.8, 4) is 0 Å². The average Bonchev–Trinajstić information content (AvgIpc) is 3.01. The third-order valence-corrected chi connectivity index (χ3v) is 4.81. The van der Waals surface area contributed by atoms with E-state index in [4.69, 9.17) is 0 Å². The number of nitrogens with zero attached hydrogens (tertiary/aromatic N) is 1. The summed E-state index contributed by atoms with van der Waals surface area (Å²) in [5, 5.41) is 2.83. The Hall–Kier alpha value is -2.66. The van der Waals surface area contributed by atoms with Gasteiger partial charge in [0.15, 0.2) is 5.78 Å². The molecule has 3 aromatic rings. The zero-order chi connectivity index (χ0) is 17.3. The molecule has 0 saturated heterocycles. The number of pyridine rings is 1. The van der Waals surface area contributed by atoms with Crippen LogP contribution in [0.2, 0.25) is 0 Å². The maximum atomic E-state index is 12.5. The van der Waals surface area contributed by atoms with Gasteiger partial charge in [-0.05, 0) is 47.7 Å². The van der Waals surface area contributed by atoms with Crippen molar-refractivity contribution in [1.82, 2.24) is 4.98 Å². The lowest BCUT2D eigenvalue weighted by Crippen LogP contribution is -2.18. The van der Waals surface area contributed by atoms with Gasteiger partial charge in [-0.25, -0.2) is 0 Å². The Morgan fingerprint density at radius 3 is 2.54 bits per heavy atom. The van der Waals surface area contributed by atoms with Crippen LogP contribution in [0.15, 0.2) is 46.6 Å². The maximum absolute atomic E-state index is 12.5. The number of allylic oxidation sites excluding steroid dienone is 1. The molecule has 0 fully saturated rings. The lowest BCUT2D eigenvalue weighted by atomic mass is 10.0. The van der Waals surface area contributed by atoms with E-state index in [1.165, 1.54) is 17.4 Å². The quantitative estimate of drug-likeness (QED) is 0.580. The highest BCUT2D eigenvalue weighted by molar-refractivity contribution is 7.16. The number of carbonyl (C=O) groups excluding carboxylic acids is 1. The van der Waals surface area contributed by atoms with Crippen LogP contribution in [0, 0.1) is 6.92 Å². The molecule has 0 aliphatic rings. The van der Waals surface area contributed by atoms with Gasteiger partial charge in [-0.15, -0.1) is 11.3 Å². The molecule has 0 amide bonds. The minimum Gasteiger partial charge on any atom is -0.378 e. The number of fused-ring (bicyclic) bond motifs is 1. The summed E-state index contributed by atoms with van der Waals surface area (Å²) in [6.07, 6.45) is 3.19. The van der Waals surface area contributed by atoms with E-state index in [9.17, 15) is 9.59 Å². The number of anilines is 1. The molecular formula is C19H18N2O2S. The molecule has 122 valence electrons. The van der Waals surface area contributed by atoms with Gasteiger partial charge in [0.1, 0.15) is 4.83 Å². The van der Waals surface area contributed by atoms with Gasteiger partial charge in [-0.1, -0.05) is 18.2 Å². The molecule has 0 atom stereocenters. The maximum Gasteiger partial charge on any atom is 0.260 e. The molecule has 0 aliphatic heterocycles. The van der Waals surface area contributed by atoms with Gasteiger partial charge in [0, 0.05) is 25.2 Å². The molecule has 0 radical (unpaired) electrons. The first-order valence-corrected chi connectivity index (χ1v) is 8.45. The summed E-state index contributed by atoms with van der Waals surface area (Å²) in [5.74, 6) is -0.279. The van der Waals surface area contributed by atoms with Crippen molar-refractivity contribution in [1.29, 1.82) is 0 Å². The predicted octanol–water partition coefficient (Wildman–Crippen LogP) is 3.86. The molecule has 3 rings (SSSR count). The molecule has 0 spiro atoms. The Balaban J connectivity index is 1.91. The van der Waals surface area contributed by atoms with Crippen LogP contribution < -0.4 is 10.5 Å². The fourth-order valence-electron chi connectivity index (χ4n) is 2.61. The standard InChI is InChI=1S/C19H18N2O2S/c1-12-15-10-11-24-19(15)20-18(23)17(12)16(22)9-6-13-4-7-14(8-5-13)21(2)3/h4-11H,1-3H3,(H,20,23)/b9-6+. The number of carbonyl (C=O) groups is 1. The number of thiophene rings is 1. The molecular weight excluding hydrogens is 320 g/mol. The van der Waals surface area contributed by atoms with E-state index < -0.39 is 0 Å². The number of H-pyrrole nitrogens is 1. The third-order valence-electron chi connectivity index (χ3n) is 3.98. The summed E-state index contributed by atoms with van der Waals surface area (Å²) in [7, 11) is 3.95. The monoisotopic (exact) mass is 338 g/mol. The van der Waals surface area contributed by atoms with E-state index in [-0.39, 0.29) is 16.9 Å². The average molecular weight is 338 g/mol. The van der Waals surface area contributed by atoms with Gasteiger partial charge in [0.25, 0.3) is 5.56 Å². The van der Waals surface area contributed by atoms with Crippen molar-refractivity contribution in [2.24, 2.45) is 0 Å². The number of ketones is 1. The number of aryl methyl sites for hydroxylation is 1. The molecule has 2 heterocycles. The Morgan fingerprint density at radius 1 is 1.17 bits per heavy atom. The highest BCUT2D eigenvalue weighted by Gasteiger charge is 2.15. The van der Waals surface area contributed by atoms with Gasteiger partial charge >= 0.3 is 0 Å². The highest BCUT2D eigenvalue weighted by atomic mass is 32.1. The fraction of sp³-hybridized carbons (Fsp3) is 0.158. The van der Waals surface area contributed by atoms with Crippen LogP contribution in [0.5, 0.6) is 0 Å². The first-order chi connectivity index (χ1) is 11.5. The summed E-state index contributed by atoms with van der Waals surface area (Å²) in [5.41, 5.74) is 2.61. The number of hydrogen-bond donors (Lipinski definition) is 1. The van der Waals surface area contributed by atoms with Gasteiger partial charge in [-0.2, -0.15) is 0 Å². The predicted molar refractivity (Wildman–Crippen MR) is 101 cm³/mol. The van der Waals surface area contributed by atoms with Crippen LogP contribution in [0.1, 0.15) is 21.5 Å². The van der Waals surface area contributed by atoms with Crippen LogP contribution in [-0.2, 0) is 0 Å². The first kappa shape index (κ1) is 16.2. The number of aromatic nitrogens is 1. The number of nitrogens with one attached hydrogen (secondary N) is 1. The largest absolute Gasteiger partial charge is 0.378 e. The van der Waals surface area contributed by atoms with E-state index in [1.54, 1.807) is 6.08 Å². The third kappa shape index (κ3) is 3.03. The van der Waals surface area contributed by atoms with Crippen LogP contribution in [0.4, 0.5) is 5.69 Å². The Labute approximate surface area is 144 Å². The number of benzene rings is 1. The van der Waals surface area contributed by atoms with Crippen molar-refractivity contribution < 1.29 is 4.79 Å². The van der Waals surface area contributed by atoms with E-state index in [0.717, 1.165) is 27.0 Å². The second-order valence-electron chi connectivity index (χ2n) is 5.80. The summed E-state index contributed by atoms with van der Waals surface area (Å²) < 4.78 is 0. The topological polar surface area (TPSA) is 53.2 Å². The summed E-state index contributed by atoms with van der Waals surface area (Å²) >= 11 is 1.46. The van der Waals surface area contributed by atoms with Crippen molar-refractivity contribution in [3.05, 3.63) is 68.8 Å². The minimum atomic E-state index is -0.333. The summed E-state index contributed by atoms with van der Waals surface area (Å²) in [6.45, 7) is 1.82. The molecule has 4 nitrogen and oxygen atoms in total. The van der Waals surface area contributed by atoms with Crippen molar-refractivity contribution in [3.63, 3.8) is 0 Å². The van der Waals surface area contributed by atoms with Crippen molar-refractivity contribution >= 4 is 39.1 Å². The van der Waals surface area contributed by atoms with Gasteiger partial charge in [0.05, 0.1) is 5.56 Å². The molecule has 0 saturated carbocycles. The number of hydrogen-bond acceptors (Lipinski definition) is 4. The van der Waals surface area contributed by atoms with Crippen molar-refractivity contribution in [2.45, 2.75) is 6.92 Å². The van der Waals surface area contributed by atoms with Crippen molar-refractivity contribution in [2.75, 3.05) is 19.0 Å². The molecule has 0 unspecified atom stereocenters. The number of aromatic amines is 1. The lowest BCUT2D eigenvalue weighted by Gasteiger charge is -2.11. The SMILES string of the molecule is Cc1c(C(=O)/C=C/c2ccc(N(C)C)cc2)c(=O)[nH]c2sccc12. The molecule has 5 heteroatoms. The van der Waals surface area contributed by atoms with Crippen LogP contribution in [0.3, 0.4) is 0 Å². The van der Waals surface area contributed by atoms with E-state index in [2.05, 4.69) is 4.98 Å². The first-order valence-electron chi connectivity index (χ1n) is 7.57. The van der Waals surface area contributed by atoms with Gasteiger partial charge < -0.3 is 9.88 Å². The summed E-state index contributed by atoms with van der Waals surface area (Å²) in [4.78, 5) is 30.3. The lowest BCUT2D eigenvalue weighted by molar-refractivity contribution is 0.104. The van der Waals surface area contributed by atoms with E-state index in [0.29, 0.717) is 0 Å². The smallest absolute Gasteiger partial charge is 0.260 e. The molecule has 1 N–H and O–H groups in total. The van der Waals surface area contributed by atoms with Crippen LogP contribution in [-0.4, -0.2) is 24.9 Å². The zero-order valence-electron chi connectivity index (χ0n) is 13.8. The molecule has 1 aromatic carbocycles.